The van der Waals surface area contributed by atoms with Gasteiger partial charge in [0.15, 0.2) is 0 Å². The number of hydrogen-bond donors (Lipinski definition) is 0. The molecule has 0 atom stereocenters. The molecule has 0 saturated carbocycles. The minimum atomic E-state index is 0. The second kappa shape index (κ2) is 15.9. The molecule has 0 bridgehead atoms. The first-order chi connectivity index (χ1) is 6.41. The predicted octanol–water partition coefficient (Wildman–Crippen LogP) is 3.95. The van der Waals surface area contributed by atoms with Crippen LogP contribution in [0.3, 0.4) is 0 Å². The zero-order valence-electron chi connectivity index (χ0n) is 11.8. The summed E-state index contributed by atoms with van der Waals surface area (Å²) in [5.74, 6) is 0. The smallest absolute Gasteiger partial charge is 1.00 e. The van der Waals surface area contributed by atoms with E-state index in [0.717, 1.165) is 19.1 Å². The Balaban J connectivity index is -0.000000240. The third kappa shape index (κ3) is 14.9. The zero-order chi connectivity index (χ0) is 9.78. The van der Waals surface area contributed by atoms with Crippen LogP contribution in [0, 0.1) is 0 Å². The molecule has 0 aliphatic heterocycles. The molecular weight excluding hydrogens is 184 g/mol. The zero-order valence-corrected chi connectivity index (χ0v) is 11.2. The van der Waals surface area contributed by atoms with Crippen LogP contribution in [0.25, 0.3) is 0 Å². The summed E-state index contributed by atoms with van der Waals surface area (Å²) in [5.41, 5.74) is 0. The molecule has 1 nitrogen and oxygen atoms in total. The summed E-state index contributed by atoms with van der Waals surface area (Å²) in [6.45, 7) is 2.25. The molecule has 0 radical (unpaired) electrons. The predicted molar refractivity (Wildman–Crippen MR) is 65.9 cm³/mol. The SMILES string of the molecule is CCCCCCCCCCCC=O.[H-].[H-].[Mg+2]. The molecule has 0 saturated heterocycles. The van der Waals surface area contributed by atoms with Gasteiger partial charge in [-0.2, -0.15) is 0 Å². The fourth-order valence-corrected chi connectivity index (χ4v) is 1.54. The second-order valence-electron chi connectivity index (χ2n) is 3.78. The normalized spacial score (nSPS) is 9.50. The standard InChI is InChI=1S/C12H24O.Mg.2H/c1-2-3-4-5-6-7-8-9-10-11-12-13;;;/h12H,2-11H2,1H3;;;/q;+2;2*-1. The van der Waals surface area contributed by atoms with Gasteiger partial charge in [0.05, 0.1) is 0 Å². The van der Waals surface area contributed by atoms with Gasteiger partial charge in [-0.15, -0.1) is 0 Å². The van der Waals surface area contributed by atoms with Gasteiger partial charge in [0.25, 0.3) is 0 Å². The summed E-state index contributed by atoms with van der Waals surface area (Å²) in [6.07, 6.45) is 13.7. The van der Waals surface area contributed by atoms with E-state index in [9.17, 15) is 4.79 Å². The van der Waals surface area contributed by atoms with Crippen molar-refractivity contribution in [3.63, 3.8) is 0 Å². The quantitative estimate of drug-likeness (QED) is 0.303. The van der Waals surface area contributed by atoms with Gasteiger partial charge in [0.2, 0.25) is 0 Å². The maximum Gasteiger partial charge on any atom is 2.00 e. The van der Waals surface area contributed by atoms with E-state index in [2.05, 4.69) is 6.92 Å². The van der Waals surface area contributed by atoms with Gasteiger partial charge in [-0.25, -0.2) is 0 Å². The first-order valence-electron chi connectivity index (χ1n) is 5.85. The Morgan fingerprint density at radius 3 is 1.71 bits per heavy atom. The van der Waals surface area contributed by atoms with Crippen molar-refractivity contribution >= 4 is 29.3 Å². The van der Waals surface area contributed by atoms with E-state index in [-0.39, 0.29) is 25.9 Å². The number of hydrogen-bond acceptors (Lipinski definition) is 1. The Bertz CT molecular complexity index is 113. The van der Waals surface area contributed by atoms with E-state index in [1.165, 1.54) is 51.4 Å². The van der Waals surface area contributed by atoms with E-state index >= 15 is 0 Å². The Morgan fingerprint density at radius 1 is 0.857 bits per heavy atom. The van der Waals surface area contributed by atoms with Gasteiger partial charge in [-0.1, -0.05) is 58.3 Å². The van der Waals surface area contributed by atoms with Gasteiger partial charge in [-0.05, 0) is 6.42 Å². The van der Waals surface area contributed by atoms with Crippen LogP contribution in [-0.2, 0) is 4.79 Å². The Labute approximate surface area is 108 Å². The van der Waals surface area contributed by atoms with E-state index < -0.39 is 0 Å². The summed E-state index contributed by atoms with van der Waals surface area (Å²) in [4.78, 5) is 10.0. The van der Waals surface area contributed by atoms with Crippen molar-refractivity contribution in [1.82, 2.24) is 0 Å². The number of rotatable bonds is 10. The molecule has 0 aliphatic rings. The number of unbranched alkanes of at least 4 members (excludes halogenated alkanes) is 9. The Hall–Kier alpha value is 0.436. The van der Waals surface area contributed by atoms with Crippen molar-refractivity contribution in [2.75, 3.05) is 0 Å². The Kier molecular flexibility index (Phi) is 19.1. The van der Waals surface area contributed by atoms with E-state index in [0.29, 0.717) is 0 Å². The summed E-state index contributed by atoms with van der Waals surface area (Å²) in [7, 11) is 0. The van der Waals surface area contributed by atoms with Gasteiger partial charge < -0.3 is 7.65 Å². The third-order valence-electron chi connectivity index (χ3n) is 2.43. The van der Waals surface area contributed by atoms with Crippen LogP contribution >= 0.6 is 0 Å². The van der Waals surface area contributed by atoms with Gasteiger partial charge >= 0.3 is 23.1 Å². The van der Waals surface area contributed by atoms with Gasteiger partial charge in [-0.3, -0.25) is 0 Å². The average molecular weight is 211 g/mol. The molecule has 2 heteroatoms. The molecule has 0 aromatic carbocycles. The molecule has 0 spiro atoms. The second-order valence-corrected chi connectivity index (χ2v) is 3.78. The van der Waals surface area contributed by atoms with E-state index in [4.69, 9.17) is 0 Å². The van der Waals surface area contributed by atoms with E-state index in [1.54, 1.807) is 0 Å². The first-order valence-corrected chi connectivity index (χ1v) is 5.85. The van der Waals surface area contributed by atoms with Crippen LogP contribution in [0.4, 0.5) is 0 Å². The largest absolute Gasteiger partial charge is 2.00 e. The van der Waals surface area contributed by atoms with Crippen molar-refractivity contribution in [3.8, 4) is 0 Å². The fourth-order valence-electron chi connectivity index (χ4n) is 1.54. The van der Waals surface area contributed by atoms with Crippen LogP contribution < -0.4 is 0 Å². The van der Waals surface area contributed by atoms with Crippen LogP contribution in [0.1, 0.15) is 74.0 Å². The molecule has 0 unspecified atom stereocenters. The van der Waals surface area contributed by atoms with Crippen LogP contribution in [0.5, 0.6) is 0 Å². The van der Waals surface area contributed by atoms with Crippen LogP contribution in [0.2, 0.25) is 0 Å². The summed E-state index contributed by atoms with van der Waals surface area (Å²) in [5, 5.41) is 0. The van der Waals surface area contributed by atoms with Crippen molar-refractivity contribution in [3.05, 3.63) is 0 Å². The molecule has 0 aliphatic carbocycles. The molecule has 0 aromatic heterocycles. The average Bonchev–Trinajstić information content (AvgIpc) is 2.16. The molecule has 0 heterocycles. The molecular formula is C12H26MgO. The summed E-state index contributed by atoms with van der Waals surface area (Å²) < 4.78 is 0. The van der Waals surface area contributed by atoms with Crippen molar-refractivity contribution in [2.24, 2.45) is 0 Å². The molecule has 0 amide bonds. The molecule has 0 fully saturated rings. The number of aldehydes is 1. The molecule has 0 N–H and O–H groups in total. The number of carbonyl (C=O) groups excluding carboxylic acids is 1. The molecule has 0 aromatic rings. The van der Waals surface area contributed by atoms with E-state index in [1.807, 2.05) is 0 Å². The van der Waals surface area contributed by atoms with Crippen molar-refractivity contribution < 1.29 is 7.65 Å². The van der Waals surface area contributed by atoms with Crippen molar-refractivity contribution in [1.29, 1.82) is 0 Å². The maximum atomic E-state index is 10.0. The molecule has 0 rings (SSSR count). The molecule has 82 valence electrons. The summed E-state index contributed by atoms with van der Waals surface area (Å²) in [6, 6.07) is 0. The summed E-state index contributed by atoms with van der Waals surface area (Å²) >= 11 is 0. The molecule has 14 heavy (non-hydrogen) atoms. The number of carbonyl (C=O) groups is 1. The van der Waals surface area contributed by atoms with Crippen molar-refractivity contribution in [2.45, 2.75) is 71.1 Å². The first kappa shape index (κ1) is 16.9. The monoisotopic (exact) mass is 210 g/mol. The van der Waals surface area contributed by atoms with Crippen LogP contribution in [-0.4, -0.2) is 29.3 Å². The minimum Gasteiger partial charge on any atom is -1.00 e. The minimum absolute atomic E-state index is 0. The third-order valence-corrected chi connectivity index (χ3v) is 2.43. The van der Waals surface area contributed by atoms with Gasteiger partial charge in [0.1, 0.15) is 6.29 Å². The topological polar surface area (TPSA) is 17.1 Å². The maximum absolute atomic E-state index is 10.0. The van der Waals surface area contributed by atoms with Crippen LogP contribution in [0.15, 0.2) is 0 Å². The fraction of sp³-hybridized carbons (Fsp3) is 0.917. The van der Waals surface area contributed by atoms with Gasteiger partial charge in [0, 0.05) is 6.42 Å². The Morgan fingerprint density at radius 2 is 1.29 bits per heavy atom.